The Hall–Kier alpha value is -0.800. The second-order valence-corrected chi connectivity index (χ2v) is 5.18. The van der Waals surface area contributed by atoms with Gasteiger partial charge in [-0.2, -0.15) is 0 Å². The van der Waals surface area contributed by atoms with Crippen LogP contribution in [0.15, 0.2) is 27.1 Å². The Balaban J connectivity index is 2.67. The van der Waals surface area contributed by atoms with E-state index in [2.05, 4.69) is 41.2 Å². The molecule has 2 rings (SSSR count). The lowest BCUT2D eigenvalue weighted by atomic mass is 9.99. The van der Waals surface area contributed by atoms with Gasteiger partial charge in [-0.15, -0.1) is 0 Å². The highest BCUT2D eigenvalue weighted by atomic mass is 79.9. The summed E-state index contributed by atoms with van der Waals surface area (Å²) in [6, 6.07) is 6.16. The molecule has 0 atom stereocenters. The molecule has 0 radical (unpaired) electrons. The first-order chi connectivity index (χ1) is 7.63. The Bertz CT molecular complexity index is 502. The fraction of sp³-hybridized carbons (Fsp3) is 0.385. The number of nitrogens with one attached hydrogen (secondary N) is 1. The van der Waals surface area contributed by atoms with E-state index in [0.717, 1.165) is 22.4 Å². The predicted octanol–water partition coefficient (Wildman–Crippen LogP) is 4.04. The maximum atomic E-state index is 5.87. The third-order valence-electron chi connectivity index (χ3n) is 2.68. The molecular weight excluding hydrogens is 266 g/mol. The average molecular weight is 282 g/mol. The van der Waals surface area contributed by atoms with Crippen LogP contribution in [0.1, 0.15) is 31.1 Å². The van der Waals surface area contributed by atoms with Crippen molar-refractivity contribution in [3.8, 4) is 0 Å². The first-order valence-electron chi connectivity index (χ1n) is 5.49. The zero-order valence-electron chi connectivity index (χ0n) is 9.80. The summed E-state index contributed by atoms with van der Waals surface area (Å²) in [5.74, 6) is 1.52. The van der Waals surface area contributed by atoms with Crippen molar-refractivity contribution >= 4 is 26.9 Å². The standard InChI is InChI=1S/C13H16BrNO/c1-8(2)13-10-6-9(14)4-5-11(10)16-12(13)7-15-3/h4-6,8,15H,7H2,1-3H3. The molecule has 2 nitrogen and oxygen atoms in total. The van der Waals surface area contributed by atoms with Crippen molar-refractivity contribution in [3.63, 3.8) is 0 Å². The van der Waals surface area contributed by atoms with Crippen LogP contribution >= 0.6 is 15.9 Å². The lowest BCUT2D eigenvalue weighted by Gasteiger charge is -2.05. The van der Waals surface area contributed by atoms with Crippen molar-refractivity contribution in [2.45, 2.75) is 26.3 Å². The van der Waals surface area contributed by atoms with Crippen LogP contribution in [-0.2, 0) is 6.54 Å². The van der Waals surface area contributed by atoms with E-state index in [0.29, 0.717) is 5.92 Å². The van der Waals surface area contributed by atoms with Gasteiger partial charge in [-0.3, -0.25) is 0 Å². The van der Waals surface area contributed by atoms with Crippen LogP contribution in [0.2, 0.25) is 0 Å². The molecule has 1 heterocycles. The zero-order valence-corrected chi connectivity index (χ0v) is 11.4. The molecule has 1 aromatic heterocycles. The number of halogens is 1. The molecule has 1 N–H and O–H groups in total. The van der Waals surface area contributed by atoms with Gasteiger partial charge in [0.05, 0.1) is 6.54 Å². The van der Waals surface area contributed by atoms with Crippen molar-refractivity contribution in [2.75, 3.05) is 7.05 Å². The highest BCUT2D eigenvalue weighted by Gasteiger charge is 2.16. The van der Waals surface area contributed by atoms with Gasteiger partial charge in [0, 0.05) is 15.4 Å². The van der Waals surface area contributed by atoms with Crippen LogP contribution in [0, 0.1) is 0 Å². The Morgan fingerprint density at radius 1 is 1.38 bits per heavy atom. The van der Waals surface area contributed by atoms with Gasteiger partial charge in [0.2, 0.25) is 0 Å². The van der Waals surface area contributed by atoms with Gasteiger partial charge in [0.1, 0.15) is 11.3 Å². The van der Waals surface area contributed by atoms with Crippen molar-refractivity contribution < 1.29 is 4.42 Å². The number of hydrogen-bond acceptors (Lipinski definition) is 2. The highest BCUT2D eigenvalue weighted by molar-refractivity contribution is 9.10. The minimum Gasteiger partial charge on any atom is -0.459 e. The van der Waals surface area contributed by atoms with Gasteiger partial charge in [-0.05, 0) is 31.2 Å². The first-order valence-corrected chi connectivity index (χ1v) is 6.28. The van der Waals surface area contributed by atoms with Crippen LogP contribution in [-0.4, -0.2) is 7.05 Å². The molecule has 0 aliphatic rings. The van der Waals surface area contributed by atoms with Gasteiger partial charge in [-0.25, -0.2) is 0 Å². The summed E-state index contributed by atoms with van der Waals surface area (Å²) in [6.07, 6.45) is 0. The molecule has 0 spiro atoms. The maximum absolute atomic E-state index is 5.87. The second-order valence-electron chi connectivity index (χ2n) is 4.26. The Kier molecular flexibility index (Phi) is 3.36. The summed E-state index contributed by atoms with van der Waals surface area (Å²) >= 11 is 3.51. The summed E-state index contributed by atoms with van der Waals surface area (Å²) in [6.45, 7) is 5.18. The number of benzene rings is 1. The lowest BCUT2D eigenvalue weighted by molar-refractivity contribution is 0.520. The van der Waals surface area contributed by atoms with E-state index in [-0.39, 0.29) is 0 Å². The van der Waals surface area contributed by atoms with Gasteiger partial charge in [0.15, 0.2) is 0 Å². The summed E-state index contributed by atoms with van der Waals surface area (Å²) in [5, 5.41) is 4.37. The monoisotopic (exact) mass is 281 g/mol. The minimum atomic E-state index is 0.471. The van der Waals surface area contributed by atoms with E-state index in [1.807, 2.05) is 19.2 Å². The number of hydrogen-bond donors (Lipinski definition) is 1. The minimum absolute atomic E-state index is 0.471. The topological polar surface area (TPSA) is 25.2 Å². The van der Waals surface area contributed by atoms with Gasteiger partial charge < -0.3 is 9.73 Å². The third kappa shape index (κ3) is 2.02. The Morgan fingerprint density at radius 2 is 2.12 bits per heavy atom. The van der Waals surface area contributed by atoms with Gasteiger partial charge in [0.25, 0.3) is 0 Å². The number of rotatable bonds is 3. The van der Waals surface area contributed by atoms with Crippen LogP contribution < -0.4 is 5.32 Å². The molecule has 0 aliphatic heterocycles. The molecule has 0 saturated heterocycles. The molecule has 0 saturated carbocycles. The Labute approximate surface area is 104 Å². The molecule has 0 bridgehead atoms. The summed E-state index contributed by atoms with van der Waals surface area (Å²) < 4.78 is 6.97. The van der Waals surface area contributed by atoms with Crippen LogP contribution in [0.25, 0.3) is 11.0 Å². The van der Waals surface area contributed by atoms with E-state index in [4.69, 9.17) is 4.42 Å². The SMILES string of the molecule is CNCc1oc2ccc(Br)cc2c1C(C)C. The van der Waals surface area contributed by atoms with Crippen LogP contribution in [0.4, 0.5) is 0 Å². The molecule has 0 aliphatic carbocycles. The lowest BCUT2D eigenvalue weighted by Crippen LogP contribution is -2.06. The van der Waals surface area contributed by atoms with Crippen molar-refractivity contribution in [3.05, 3.63) is 34.0 Å². The first kappa shape index (κ1) is 11.7. The third-order valence-corrected chi connectivity index (χ3v) is 3.17. The second kappa shape index (κ2) is 4.60. The van der Waals surface area contributed by atoms with E-state index in [9.17, 15) is 0 Å². The van der Waals surface area contributed by atoms with E-state index in [1.165, 1.54) is 10.9 Å². The molecule has 0 unspecified atom stereocenters. The van der Waals surface area contributed by atoms with Crippen molar-refractivity contribution in [1.29, 1.82) is 0 Å². The summed E-state index contributed by atoms with van der Waals surface area (Å²) in [7, 11) is 1.94. The quantitative estimate of drug-likeness (QED) is 0.919. The highest BCUT2D eigenvalue weighted by Crippen LogP contribution is 2.33. The molecule has 16 heavy (non-hydrogen) atoms. The normalized spacial score (nSPS) is 11.6. The van der Waals surface area contributed by atoms with Gasteiger partial charge >= 0.3 is 0 Å². The molecule has 3 heteroatoms. The number of furan rings is 1. The molecule has 0 fully saturated rings. The van der Waals surface area contributed by atoms with E-state index >= 15 is 0 Å². The van der Waals surface area contributed by atoms with E-state index < -0.39 is 0 Å². The molecule has 2 aromatic rings. The maximum Gasteiger partial charge on any atom is 0.134 e. The zero-order chi connectivity index (χ0) is 11.7. The summed E-state index contributed by atoms with van der Waals surface area (Å²) in [4.78, 5) is 0. The van der Waals surface area contributed by atoms with Crippen molar-refractivity contribution in [2.24, 2.45) is 0 Å². The van der Waals surface area contributed by atoms with Crippen LogP contribution in [0.5, 0.6) is 0 Å². The van der Waals surface area contributed by atoms with Gasteiger partial charge in [-0.1, -0.05) is 29.8 Å². The molecule has 0 amide bonds. The number of fused-ring (bicyclic) bond motifs is 1. The fourth-order valence-corrected chi connectivity index (χ4v) is 2.43. The molecule has 1 aromatic carbocycles. The van der Waals surface area contributed by atoms with Crippen molar-refractivity contribution in [1.82, 2.24) is 5.32 Å². The molecular formula is C13H16BrNO. The average Bonchev–Trinajstić information content (AvgIpc) is 2.55. The van der Waals surface area contributed by atoms with E-state index in [1.54, 1.807) is 0 Å². The smallest absolute Gasteiger partial charge is 0.134 e. The Morgan fingerprint density at radius 3 is 2.75 bits per heavy atom. The predicted molar refractivity (Wildman–Crippen MR) is 70.8 cm³/mol. The molecule has 86 valence electrons. The fourth-order valence-electron chi connectivity index (χ4n) is 2.06. The summed E-state index contributed by atoms with van der Waals surface area (Å²) in [5.41, 5.74) is 2.28. The van der Waals surface area contributed by atoms with Crippen LogP contribution in [0.3, 0.4) is 0 Å². The largest absolute Gasteiger partial charge is 0.459 e.